The van der Waals surface area contributed by atoms with E-state index < -0.39 is 23.3 Å². The molecule has 1 aliphatic heterocycles. The van der Waals surface area contributed by atoms with Gasteiger partial charge in [0, 0.05) is 12.5 Å². The molecule has 1 amide bonds. The number of carbonyl (C=O) groups is 1. The van der Waals surface area contributed by atoms with Crippen molar-refractivity contribution in [2.75, 3.05) is 13.1 Å². The van der Waals surface area contributed by atoms with Gasteiger partial charge < -0.3 is 14.8 Å². The fourth-order valence-corrected chi connectivity index (χ4v) is 2.51. The van der Waals surface area contributed by atoms with Crippen molar-refractivity contribution >= 4 is 11.8 Å². The van der Waals surface area contributed by atoms with Crippen molar-refractivity contribution in [3.8, 4) is 0 Å². The van der Waals surface area contributed by atoms with Crippen LogP contribution in [-0.4, -0.2) is 40.6 Å². The van der Waals surface area contributed by atoms with Crippen molar-refractivity contribution < 1.29 is 23.5 Å². The first-order valence-corrected chi connectivity index (χ1v) is 7.35. The van der Waals surface area contributed by atoms with Crippen molar-refractivity contribution in [1.82, 2.24) is 4.90 Å². The molecule has 1 atom stereocenters. The Kier molecular flexibility index (Phi) is 4.87. The number of oxime groups is 1. The van der Waals surface area contributed by atoms with E-state index in [1.807, 2.05) is 0 Å². The van der Waals surface area contributed by atoms with Crippen molar-refractivity contribution in [3.63, 3.8) is 0 Å². The highest BCUT2D eigenvalue weighted by atomic mass is 19.2. The number of nitrogens with zero attached hydrogens (tertiary/aromatic N) is 2. The normalized spacial score (nSPS) is 20.7. The van der Waals surface area contributed by atoms with Gasteiger partial charge in [-0.1, -0.05) is 11.2 Å². The average Bonchev–Trinajstić information content (AvgIpc) is 2.47. The van der Waals surface area contributed by atoms with E-state index in [1.54, 1.807) is 20.8 Å². The molecule has 7 heteroatoms. The second kappa shape index (κ2) is 6.52. The van der Waals surface area contributed by atoms with Gasteiger partial charge in [0.1, 0.15) is 5.60 Å². The Morgan fingerprint density at radius 2 is 2.04 bits per heavy atom. The van der Waals surface area contributed by atoms with Crippen molar-refractivity contribution in [1.29, 1.82) is 0 Å². The third kappa shape index (κ3) is 4.18. The minimum Gasteiger partial charge on any atom is -0.444 e. The molecule has 1 aromatic carbocycles. The molecular formula is C16H20F2N2O3. The molecule has 1 fully saturated rings. The van der Waals surface area contributed by atoms with Gasteiger partial charge in [-0.15, -0.1) is 0 Å². The Morgan fingerprint density at radius 3 is 2.61 bits per heavy atom. The van der Waals surface area contributed by atoms with Crippen LogP contribution < -0.4 is 0 Å². The SMILES string of the molecule is CC(C)(C)OC(=O)N1CCC(c2ccc(F)c(F)c2)/C(=N/O)C1. The van der Waals surface area contributed by atoms with E-state index in [9.17, 15) is 18.8 Å². The van der Waals surface area contributed by atoms with Gasteiger partial charge in [-0.25, -0.2) is 13.6 Å². The van der Waals surface area contributed by atoms with Crippen LogP contribution in [0.15, 0.2) is 23.4 Å². The molecule has 0 aliphatic carbocycles. The van der Waals surface area contributed by atoms with Crippen LogP contribution in [0.25, 0.3) is 0 Å². The maximum Gasteiger partial charge on any atom is 0.410 e. The summed E-state index contributed by atoms with van der Waals surface area (Å²) in [6.07, 6.45) is -0.0636. The van der Waals surface area contributed by atoms with Crippen LogP contribution in [-0.2, 0) is 4.74 Å². The van der Waals surface area contributed by atoms with E-state index in [4.69, 9.17) is 4.74 Å². The first-order chi connectivity index (χ1) is 10.7. The van der Waals surface area contributed by atoms with Crippen LogP contribution in [0.3, 0.4) is 0 Å². The van der Waals surface area contributed by atoms with Crippen molar-refractivity contribution in [2.24, 2.45) is 5.16 Å². The number of carbonyl (C=O) groups excluding carboxylic acids is 1. The minimum atomic E-state index is -0.950. The van der Waals surface area contributed by atoms with Gasteiger partial charge in [0.05, 0.1) is 12.3 Å². The average molecular weight is 326 g/mol. The second-order valence-electron chi connectivity index (χ2n) is 6.51. The van der Waals surface area contributed by atoms with Crippen LogP contribution in [0.2, 0.25) is 0 Å². The Hall–Kier alpha value is -2.18. The molecule has 0 spiro atoms. The maximum atomic E-state index is 13.4. The predicted octanol–water partition coefficient (Wildman–Crippen LogP) is 3.52. The number of piperidine rings is 1. The van der Waals surface area contributed by atoms with Gasteiger partial charge in [0.25, 0.3) is 0 Å². The molecule has 1 heterocycles. The van der Waals surface area contributed by atoms with E-state index in [0.29, 0.717) is 24.2 Å². The molecule has 0 saturated carbocycles. The van der Waals surface area contributed by atoms with E-state index in [1.165, 1.54) is 11.0 Å². The molecule has 0 aromatic heterocycles. The first kappa shape index (κ1) is 17.2. The molecule has 0 bridgehead atoms. The molecule has 23 heavy (non-hydrogen) atoms. The van der Waals surface area contributed by atoms with Gasteiger partial charge in [-0.2, -0.15) is 0 Å². The van der Waals surface area contributed by atoms with Crippen LogP contribution in [0.5, 0.6) is 0 Å². The number of hydrogen-bond acceptors (Lipinski definition) is 4. The maximum absolute atomic E-state index is 13.4. The largest absolute Gasteiger partial charge is 0.444 e. The highest BCUT2D eigenvalue weighted by molar-refractivity contribution is 5.95. The first-order valence-electron chi connectivity index (χ1n) is 7.35. The minimum absolute atomic E-state index is 0.0784. The van der Waals surface area contributed by atoms with Gasteiger partial charge in [0.15, 0.2) is 11.6 Å². The number of rotatable bonds is 1. The molecule has 5 nitrogen and oxygen atoms in total. The summed E-state index contributed by atoms with van der Waals surface area (Å²) in [5.41, 5.74) is 0.207. The van der Waals surface area contributed by atoms with E-state index in [2.05, 4.69) is 5.16 Å². The smallest absolute Gasteiger partial charge is 0.410 e. The Balaban J connectivity index is 2.13. The van der Waals surface area contributed by atoms with E-state index >= 15 is 0 Å². The molecule has 126 valence electrons. The molecule has 1 N–H and O–H groups in total. The van der Waals surface area contributed by atoms with Gasteiger partial charge in [-0.05, 0) is 44.9 Å². The number of hydrogen-bond donors (Lipinski definition) is 1. The van der Waals surface area contributed by atoms with Gasteiger partial charge in [0.2, 0.25) is 0 Å². The summed E-state index contributed by atoms with van der Waals surface area (Å²) in [5, 5.41) is 12.5. The zero-order valence-corrected chi connectivity index (χ0v) is 13.3. The number of amides is 1. The topological polar surface area (TPSA) is 62.1 Å². The third-order valence-corrected chi connectivity index (χ3v) is 3.57. The number of ether oxygens (including phenoxy) is 1. The molecule has 0 radical (unpaired) electrons. The summed E-state index contributed by atoms with van der Waals surface area (Å²) in [4.78, 5) is 13.5. The van der Waals surface area contributed by atoms with Gasteiger partial charge >= 0.3 is 6.09 Å². The summed E-state index contributed by atoms with van der Waals surface area (Å²) in [6, 6.07) is 3.59. The zero-order valence-electron chi connectivity index (χ0n) is 13.3. The quantitative estimate of drug-likeness (QED) is 0.634. The summed E-state index contributed by atoms with van der Waals surface area (Å²) in [5.74, 6) is -2.24. The zero-order chi connectivity index (χ0) is 17.2. The summed E-state index contributed by atoms with van der Waals surface area (Å²) in [7, 11) is 0. The molecule has 1 unspecified atom stereocenters. The Morgan fingerprint density at radius 1 is 1.35 bits per heavy atom. The lowest BCUT2D eigenvalue weighted by Gasteiger charge is -2.34. The number of halogens is 2. The summed E-state index contributed by atoms with van der Waals surface area (Å²) < 4.78 is 31.7. The van der Waals surface area contributed by atoms with Gasteiger partial charge in [-0.3, -0.25) is 0 Å². The number of benzene rings is 1. The van der Waals surface area contributed by atoms with Crippen LogP contribution >= 0.6 is 0 Å². The molecule has 1 aromatic rings. The molecule has 1 aliphatic rings. The van der Waals surface area contributed by atoms with E-state index in [-0.39, 0.29) is 12.5 Å². The number of likely N-dealkylation sites (tertiary alicyclic amines) is 1. The Labute approximate surface area is 133 Å². The molecular weight excluding hydrogens is 306 g/mol. The fourth-order valence-electron chi connectivity index (χ4n) is 2.51. The lowest BCUT2D eigenvalue weighted by molar-refractivity contribution is 0.0261. The van der Waals surface area contributed by atoms with Crippen LogP contribution in [0.1, 0.15) is 38.7 Å². The lowest BCUT2D eigenvalue weighted by atomic mass is 9.88. The highest BCUT2D eigenvalue weighted by Crippen LogP contribution is 2.28. The van der Waals surface area contributed by atoms with Crippen LogP contribution in [0.4, 0.5) is 13.6 Å². The lowest BCUT2D eigenvalue weighted by Crippen LogP contribution is -2.45. The van der Waals surface area contributed by atoms with Crippen molar-refractivity contribution in [2.45, 2.75) is 38.7 Å². The highest BCUT2D eigenvalue weighted by Gasteiger charge is 2.32. The fraction of sp³-hybridized carbons (Fsp3) is 0.500. The second-order valence-corrected chi connectivity index (χ2v) is 6.51. The summed E-state index contributed by atoms with van der Waals surface area (Å²) >= 11 is 0. The molecule has 1 saturated heterocycles. The monoisotopic (exact) mass is 326 g/mol. The van der Waals surface area contributed by atoms with E-state index in [0.717, 1.165) is 12.1 Å². The van der Waals surface area contributed by atoms with Crippen molar-refractivity contribution in [3.05, 3.63) is 35.4 Å². The standard InChI is InChI=1S/C16H20F2N2O3/c1-16(2,3)23-15(21)20-7-6-11(14(9-20)19-22)10-4-5-12(17)13(18)8-10/h4-5,8,11,22H,6-7,9H2,1-3H3/b19-14+. The molecule has 2 rings (SSSR count). The van der Waals surface area contributed by atoms with Crippen LogP contribution in [0, 0.1) is 11.6 Å². The Bertz CT molecular complexity index is 626. The summed E-state index contributed by atoms with van der Waals surface area (Å²) in [6.45, 7) is 5.74. The predicted molar refractivity (Wildman–Crippen MR) is 80.7 cm³/mol. The third-order valence-electron chi connectivity index (χ3n) is 3.57.